The molecule has 0 saturated carbocycles. The number of benzene rings is 2. The van der Waals surface area contributed by atoms with Crippen LogP contribution in [0, 0.1) is 0 Å². The van der Waals surface area contributed by atoms with Gasteiger partial charge >= 0.3 is 0 Å². The van der Waals surface area contributed by atoms with Crippen LogP contribution in [0.2, 0.25) is 0 Å². The van der Waals surface area contributed by atoms with Crippen LogP contribution in [-0.4, -0.2) is 33.8 Å². The van der Waals surface area contributed by atoms with Gasteiger partial charge in [0.2, 0.25) is 0 Å². The predicted molar refractivity (Wildman–Crippen MR) is 108 cm³/mol. The fourth-order valence-electron chi connectivity index (χ4n) is 3.01. The van der Waals surface area contributed by atoms with Gasteiger partial charge in [0.15, 0.2) is 0 Å². The monoisotopic (exact) mass is 362 g/mol. The molecule has 5 heteroatoms. The highest BCUT2D eigenvalue weighted by atomic mass is 16.3. The first-order chi connectivity index (χ1) is 13.1. The lowest BCUT2D eigenvalue weighted by Crippen LogP contribution is -2.46. The number of hydrogen-bond donors (Lipinski definition) is 3. The summed E-state index contributed by atoms with van der Waals surface area (Å²) in [4.78, 5) is 4.35. The number of nitrogens with two attached hydrogens (primary N) is 2. The molecule has 0 aliphatic rings. The number of aliphatic hydroxyl groups is 1. The molecule has 1 aromatic heterocycles. The van der Waals surface area contributed by atoms with Gasteiger partial charge in [-0.25, -0.2) is 5.01 Å². The van der Waals surface area contributed by atoms with Crippen molar-refractivity contribution < 1.29 is 5.11 Å². The number of rotatable bonds is 8. The van der Waals surface area contributed by atoms with E-state index in [1.54, 1.807) is 11.2 Å². The second-order valence-corrected chi connectivity index (χ2v) is 6.76. The largest absolute Gasteiger partial charge is 0.390 e. The van der Waals surface area contributed by atoms with E-state index in [-0.39, 0.29) is 6.04 Å². The van der Waals surface area contributed by atoms with Crippen molar-refractivity contribution >= 4 is 0 Å². The van der Waals surface area contributed by atoms with Crippen molar-refractivity contribution in [1.29, 1.82) is 0 Å². The molecule has 5 N–H and O–H groups in total. The first-order valence-electron chi connectivity index (χ1n) is 9.09. The Kier molecular flexibility index (Phi) is 6.68. The second-order valence-electron chi connectivity index (χ2n) is 6.76. The van der Waals surface area contributed by atoms with Gasteiger partial charge in [0.25, 0.3) is 0 Å². The zero-order chi connectivity index (χ0) is 19.1. The molecular weight excluding hydrogens is 336 g/mol. The Hall–Kier alpha value is -2.57. The first kappa shape index (κ1) is 19.2. The number of hydrogen-bond acceptors (Lipinski definition) is 5. The van der Waals surface area contributed by atoms with E-state index in [1.807, 2.05) is 72.8 Å². The van der Waals surface area contributed by atoms with E-state index in [1.165, 1.54) is 0 Å². The number of hydrazine groups is 1. The zero-order valence-electron chi connectivity index (χ0n) is 15.3. The molecule has 1 heterocycles. The van der Waals surface area contributed by atoms with E-state index in [0.29, 0.717) is 19.5 Å². The van der Waals surface area contributed by atoms with Crippen molar-refractivity contribution in [3.63, 3.8) is 0 Å². The van der Waals surface area contributed by atoms with Crippen LogP contribution in [0.5, 0.6) is 0 Å². The van der Waals surface area contributed by atoms with Gasteiger partial charge < -0.3 is 10.8 Å². The standard InChI is InChI=1S/C22H26N4O/c23-20(14-17-6-2-1-3-7-17)22(27)16-26(24)15-18-9-11-19(12-10-18)21-8-4-5-13-25-21/h1-13,20,22,27H,14-16,23-24H2/t20-,22+/m1/s1. The second kappa shape index (κ2) is 9.39. The van der Waals surface area contributed by atoms with Gasteiger partial charge in [-0.3, -0.25) is 10.8 Å². The molecule has 0 spiro atoms. The molecule has 3 rings (SSSR count). The minimum Gasteiger partial charge on any atom is -0.390 e. The number of nitrogens with zero attached hydrogens (tertiary/aromatic N) is 2. The summed E-state index contributed by atoms with van der Waals surface area (Å²) in [5.74, 6) is 6.09. The van der Waals surface area contributed by atoms with Crippen molar-refractivity contribution in [3.05, 3.63) is 90.1 Å². The molecule has 140 valence electrons. The Morgan fingerprint density at radius 3 is 2.26 bits per heavy atom. The van der Waals surface area contributed by atoms with E-state index >= 15 is 0 Å². The average Bonchev–Trinajstić information content (AvgIpc) is 2.70. The van der Waals surface area contributed by atoms with Crippen molar-refractivity contribution in [3.8, 4) is 11.3 Å². The molecule has 2 aromatic carbocycles. The highest BCUT2D eigenvalue weighted by Gasteiger charge is 2.17. The van der Waals surface area contributed by atoms with Crippen molar-refractivity contribution in [2.24, 2.45) is 11.6 Å². The van der Waals surface area contributed by atoms with E-state index in [0.717, 1.165) is 22.4 Å². The summed E-state index contributed by atoms with van der Waals surface area (Å²) >= 11 is 0. The molecule has 27 heavy (non-hydrogen) atoms. The molecular formula is C22H26N4O. The van der Waals surface area contributed by atoms with E-state index in [9.17, 15) is 5.11 Å². The summed E-state index contributed by atoms with van der Waals surface area (Å²) in [5, 5.41) is 12.0. The fourth-order valence-corrected chi connectivity index (χ4v) is 3.01. The maximum Gasteiger partial charge on any atom is 0.0835 e. The summed E-state index contributed by atoms with van der Waals surface area (Å²) < 4.78 is 0. The Morgan fingerprint density at radius 1 is 0.889 bits per heavy atom. The Morgan fingerprint density at radius 2 is 1.59 bits per heavy atom. The average molecular weight is 362 g/mol. The van der Waals surface area contributed by atoms with E-state index < -0.39 is 6.10 Å². The van der Waals surface area contributed by atoms with Crippen LogP contribution in [0.3, 0.4) is 0 Å². The number of pyridine rings is 1. The maximum absolute atomic E-state index is 10.4. The van der Waals surface area contributed by atoms with Gasteiger partial charge in [0.05, 0.1) is 11.8 Å². The fraction of sp³-hybridized carbons (Fsp3) is 0.227. The van der Waals surface area contributed by atoms with Crippen LogP contribution >= 0.6 is 0 Å². The normalized spacial score (nSPS) is 13.5. The molecule has 0 aliphatic heterocycles. The lowest BCUT2D eigenvalue weighted by Gasteiger charge is -2.24. The maximum atomic E-state index is 10.4. The molecule has 2 atom stereocenters. The van der Waals surface area contributed by atoms with E-state index in [4.69, 9.17) is 11.6 Å². The van der Waals surface area contributed by atoms with Crippen LogP contribution in [0.4, 0.5) is 0 Å². The van der Waals surface area contributed by atoms with Gasteiger partial charge in [-0.1, -0.05) is 60.7 Å². The minimum atomic E-state index is -0.692. The van der Waals surface area contributed by atoms with Crippen molar-refractivity contribution in [1.82, 2.24) is 9.99 Å². The molecule has 0 saturated heterocycles. The quantitative estimate of drug-likeness (QED) is 0.423. The molecule has 0 bridgehead atoms. The SMILES string of the molecule is N[C@H](Cc1ccccc1)[C@@H](O)CN(N)Cc1ccc(-c2ccccn2)cc1. The molecule has 0 aliphatic carbocycles. The van der Waals surface area contributed by atoms with E-state index in [2.05, 4.69) is 4.98 Å². The molecule has 0 unspecified atom stereocenters. The third-order valence-corrected chi connectivity index (χ3v) is 4.53. The molecule has 0 fully saturated rings. The summed E-state index contributed by atoms with van der Waals surface area (Å²) in [6.07, 6.45) is 1.71. The van der Waals surface area contributed by atoms with Gasteiger partial charge in [0, 0.05) is 30.9 Å². The predicted octanol–water partition coefficient (Wildman–Crippen LogP) is 2.36. The summed E-state index contributed by atoms with van der Waals surface area (Å²) in [7, 11) is 0. The van der Waals surface area contributed by atoms with Crippen LogP contribution in [0.15, 0.2) is 79.0 Å². The molecule has 0 radical (unpaired) electrons. The lowest BCUT2D eigenvalue weighted by molar-refractivity contribution is 0.0877. The van der Waals surface area contributed by atoms with Crippen LogP contribution < -0.4 is 11.6 Å². The molecule has 5 nitrogen and oxygen atoms in total. The smallest absolute Gasteiger partial charge is 0.0835 e. The first-order valence-corrected chi connectivity index (χ1v) is 9.09. The summed E-state index contributed by atoms with van der Waals surface area (Å²) in [6, 6.07) is 23.5. The Balaban J connectivity index is 1.51. The van der Waals surface area contributed by atoms with Crippen molar-refractivity contribution in [2.75, 3.05) is 6.54 Å². The van der Waals surface area contributed by atoms with Crippen molar-refractivity contribution in [2.45, 2.75) is 25.1 Å². The summed E-state index contributed by atoms with van der Waals surface area (Å²) in [6.45, 7) is 0.855. The van der Waals surface area contributed by atoms with Crippen LogP contribution in [0.1, 0.15) is 11.1 Å². The zero-order valence-corrected chi connectivity index (χ0v) is 15.3. The highest BCUT2D eigenvalue weighted by molar-refractivity contribution is 5.58. The lowest BCUT2D eigenvalue weighted by atomic mass is 10.0. The topological polar surface area (TPSA) is 88.4 Å². The molecule has 0 amide bonds. The Bertz CT molecular complexity index is 809. The third-order valence-electron chi connectivity index (χ3n) is 4.53. The van der Waals surface area contributed by atoms with Crippen LogP contribution in [0.25, 0.3) is 11.3 Å². The van der Waals surface area contributed by atoms with Gasteiger partial charge in [-0.05, 0) is 29.7 Å². The molecule has 3 aromatic rings. The van der Waals surface area contributed by atoms with Gasteiger partial charge in [0.1, 0.15) is 0 Å². The number of aliphatic hydroxyl groups excluding tert-OH is 1. The highest BCUT2D eigenvalue weighted by Crippen LogP contribution is 2.17. The van der Waals surface area contributed by atoms with Gasteiger partial charge in [-0.2, -0.15) is 0 Å². The third kappa shape index (κ3) is 5.70. The van der Waals surface area contributed by atoms with Gasteiger partial charge in [-0.15, -0.1) is 0 Å². The number of aromatic nitrogens is 1. The summed E-state index contributed by atoms with van der Waals surface area (Å²) in [5.41, 5.74) is 10.3. The van der Waals surface area contributed by atoms with Crippen LogP contribution in [-0.2, 0) is 13.0 Å². The Labute approximate surface area is 160 Å². The minimum absolute atomic E-state index is 0.315.